The van der Waals surface area contributed by atoms with Crippen LogP contribution in [-0.4, -0.2) is 30.6 Å². The largest absolute Gasteiger partial charge is 0.309 e. The number of hydrogen-bond acceptors (Lipinski definition) is 3. The van der Waals surface area contributed by atoms with E-state index in [2.05, 4.69) is 50.9 Å². The van der Waals surface area contributed by atoms with Crippen LogP contribution in [0.3, 0.4) is 0 Å². The maximum atomic E-state index is 3.62. The van der Waals surface area contributed by atoms with Crippen LogP contribution < -0.4 is 5.32 Å². The molecule has 1 N–H and O–H groups in total. The highest BCUT2D eigenvalue weighted by atomic mass is 32.1. The maximum absolute atomic E-state index is 3.62. The highest BCUT2D eigenvalue weighted by Crippen LogP contribution is 2.20. The lowest BCUT2D eigenvalue weighted by atomic mass is 10.2. The van der Waals surface area contributed by atoms with Gasteiger partial charge in [-0.3, -0.25) is 0 Å². The highest BCUT2D eigenvalue weighted by Gasteiger charge is 2.08. The van der Waals surface area contributed by atoms with Gasteiger partial charge in [-0.15, -0.1) is 11.3 Å². The van der Waals surface area contributed by atoms with E-state index in [-0.39, 0.29) is 0 Å². The van der Waals surface area contributed by atoms with Crippen LogP contribution in [0, 0.1) is 13.8 Å². The maximum Gasteiger partial charge on any atom is 0.0219 e. The molecule has 0 aliphatic heterocycles. The summed E-state index contributed by atoms with van der Waals surface area (Å²) in [5.41, 5.74) is 1.46. The molecule has 1 unspecified atom stereocenters. The van der Waals surface area contributed by atoms with Crippen molar-refractivity contribution in [2.24, 2.45) is 0 Å². The third-order valence-electron chi connectivity index (χ3n) is 3.21. The number of thiophene rings is 1. The standard InChI is InChI=1S/C14H26N2S/c1-6-16(7-2)10-11(3)15-9-14-8-12(4)17-13(14)5/h8,11,15H,6-7,9-10H2,1-5H3. The van der Waals surface area contributed by atoms with Gasteiger partial charge < -0.3 is 10.2 Å². The third-order valence-corrected chi connectivity index (χ3v) is 4.22. The molecule has 98 valence electrons. The van der Waals surface area contributed by atoms with Crippen LogP contribution in [0.5, 0.6) is 0 Å². The molecular formula is C14H26N2S. The first-order chi connectivity index (χ1) is 8.06. The molecule has 1 aromatic rings. The Bertz CT molecular complexity index is 329. The van der Waals surface area contributed by atoms with Gasteiger partial charge in [-0.05, 0) is 45.5 Å². The van der Waals surface area contributed by atoms with Crippen molar-refractivity contribution in [3.63, 3.8) is 0 Å². The van der Waals surface area contributed by atoms with E-state index in [1.165, 1.54) is 15.3 Å². The van der Waals surface area contributed by atoms with E-state index in [0.717, 1.165) is 26.2 Å². The molecule has 0 fully saturated rings. The molecule has 1 aromatic heterocycles. The van der Waals surface area contributed by atoms with Crippen LogP contribution in [0.15, 0.2) is 6.07 Å². The minimum Gasteiger partial charge on any atom is -0.309 e. The molecule has 3 heteroatoms. The minimum atomic E-state index is 0.550. The number of rotatable bonds is 7. The van der Waals surface area contributed by atoms with Gasteiger partial charge >= 0.3 is 0 Å². The summed E-state index contributed by atoms with van der Waals surface area (Å²) in [6.45, 7) is 15.5. The Labute approximate surface area is 110 Å². The predicted octanol–water partition coefficient (Wildman–Crippen LogP) is 3.18. The molecule has 0 aliphatic rings. The molecule has 1 rings (SSSR count). The molecule has 0 spiro atoms. The summed E-state index contributed by atoms with van der Waals surface area (Å²) < 4.78 is 0. The van der Waals surface area contributed by atoms with Crippen molar-refractivity contribution in [3.05, 3.63) is 21.4 Å². The topological polar surface area (TPSA) is 15.3 Å². The van der Waals surface area contributed by atoms with Gasteiger partial charge in [0.1, 0.15) is 0 Å². The quantitative estimate of drug-likeness (QED) is 0.804. The average molecular weight is 254 g/mol. The lowest BCUT2D eigenvalue weighted by molar-refractivity contribution is 0.270. The molecule has 0 amide bonds. The second kappa shape index (κ2) is 7.14. The van der Waals surface area contributed by atoms with Gasteiger partial charge in [-0.25, -0.2) is 0 Å². The molecule has 0 aromatic carbocycles. The molecule has 0 radical (unpaired) electrons. The van der Waals surface area contributed by atoms with Crippen molar-refractivity contribution in [3.8, 4) is 0 Å². The SMILES string of the molecule is CCN(CC)CC(C)NCc1cc(C)sc1C. The Hall–Kier alpha value is -0.380. The predicted molar refractivity (Wildman–Crippen MR) is 77.9 cm³/mol. The van der Waals surface area contributed by atoms with E-state index in [4.69, 9.17) is 0 Å². The monoisotopic (exact) mass is 254 g/mol. The van der Waals surface area contributed by atoms with Gasteiger partial charge in [0.2, 0.25) is 0 Å². The molecule has 0 aliphatic carbocycles. The lowest BCUT2D eigenvalue weighted by Crippen LogP contribution is -2.38. The van der Waals surface area contributed by atoms with Gasteiger partial charge in [0, 0.05) is 28.9 Å². The lowest BCUT2D eigenvalue weighted by Gasteiger charge is -2.23. The fraction of sp³-hybridized carbons (Fsp3) is 0.714. The second-order valence-corrected chi connectivity index (χ2v) is 6.17. The van der Waals surface area contributed by atoms with Crippen molar-refractivity contribution in [1.29, 1.82) is 0 Å². The first-order valence-electron chi connectivity index (χ1n) is 6.58. The van der Waals surface area contributed by atoms with Crippen molar-refractivity contribution >= 4 is 11.3 Å². The van der Waals surface area contributed by atoms with Crippen LogP contribution >= 0.6 is 11.3 Å². The summed E-state index contributed by atoms with van der Waals surface area (Å²) in [6.07, 6.45) is 0. The van der Waals surface area contributed by atoms with Crippen LogP contribution in [0.2, 0.25) is 0 Å². The van der Waals surface area contributed by atoms with E-state index < -0.39 is 0 Å². The summed E-state index contributed by atoms with van der Waals surface area (Å²) in [7, 11) is 0. The van der Waals surface area contributed by atoms with Crippen LogP contribution in [0.1, 0.15) is 36.1 Å². The van der Waals surface area contributed by atoms with E-state index in [9.17, 15) is 0 Å². The molecule has 17 heavy (non-hydrogen) atoms. The van der Waals surface area contributed by atoms with Gasteiger partial charge in [0.25, 0.3) is 0 Å². The zero-order chi connectivity index (χ0) is 12.8. The normalized spacial score (nSPS) is 13.3. The molecule has 1 atom stereocenters. The number of nitrogens with zero attached hydrogens (tertiary/aromatic N) is 1. The number of likely N-dealkylation sites (N-methyl/N-ethyl adjacent to an activating group) is 1. The van der Waals surface area contributed by atoms with Crippen LogP contribution in [0.4, 0.5) is 0 Å². The number of nitrogens with one attached hydrogen (secondary N) is 1. The Morgan fingerprint density at radius 3 is 2.41 bits per heavy atom. The zero-order valence-electron chi connectivity index (χ0n) is 11.8. The van der Waals surface area contributed by atoms with Gasteiger partial charge in [0.15, 0.2) is 0 Å². The summed E-state index contributed by atoms with van der Waals surface area (Å²) in [6, 6.07) is 2.85. The van der Waals surface area contributed by atoms with Crippen molar-refractivity contribution in [2.75, 3.05) is 19.6 Å². The van der Waals surface area contributed by atoms with Gasteiger partial charge in [-0.1, -0.05) is 13.8 Å². The number of hydrogen-bond donors (Lipinski definition) is 1. The van der Waals surface area contributed by atoms with E-state index in [1.54, 1.807) is 0 Å². The van der Waals surface area contributed by atoms with Crippen LogP contribution in [0.25, 0.3) is 0 Å². The molecular weight excluding hydrogens is 228 g/mol. The van der Waals surface area contributed by atoms with E-state index in [1.807, 2.05) is 11.3 Å². The molecule has 0 saturated heterocycles. The van der Waals surface area contributed by atoms with Crippen molar-refractivity contribution in [1.82, 2.24) is 10.2 Å². The first kappa shape index (κ1) is 14.7. The van der Waals surface area contributed by atoms with Crippen molar-refractivity contribution < 1.29 is 0 Å². The third kappa shape index (κ3) is 4.78. The fourth-order valence-corrected chi connectivity index (χ4v) is 3.02. The number of aryl methyl sites for hydroxylation is 2. The second-order valence-electron chi connectivity index (χ2n) is 4.71. The summed E-state index contributed by atoms with van der Waals surface area (Å²) in [5, 5.41) is 3.62. The Morgan fingerprint density at radius 2 is 1.94 bits per heavy atom. The highest BCUT2D eigenvalue weighted by molar-refractivity contribution is 7.12. The van der Waals surface area contributed by atoms with Crippen LogP contribution in [-0.2, 0) is 6.54 Å². The minimum absolute atomic E-state index is 0.550. The Kier molecular flexibility index (Phi) is 6.17. The fourth-order valence-electron chi connectivity index (χ4n) is 2.08. The first-order valence-corrected chi connectivity index (χ1v) is 7.40. The molecule has 0 bridgehead atoms. The zero-order valence-corrected chi connectivity index (χ0v) is 12.7. The summed E-state index contributed by atoms with van der Waals surface area (Å²) in [5.74, 6) is 0. The Balaban J connectivity index is 2.37. The molecule has 1 heterocycles. The summed E-state index contributed by atoms with van der Waals surface area (Å²) >= 11 is 1.89. The van der Waals surface area contributed by atoms with Gasteiger partial charge in [0.05, 0.1) is 0 Å². The van der Waals surface area contributed by atoms with E-state index in [0.29, 0.717) is 6.04 Å². The van der Waals surface area contributed by atoms with Crippen molar-refractivity contribution in [2.45, 2.75) is 47.2 Å². The Morgan fingerprint density at radius 1 is 1.29 bits per heavy atom. The average Bonchev–Trinajstić information content (AvgIpc) is 2.62. The smallest absolute Gasteiger partial charge is 0.0219 e. The van der Waals surface area contributed by atoms with E-state index >= 15 is 0 Å². The molecule has 0 saturated carbocycles. The van der Waals surface area contributed by atoms with Gasteiger partial charge in [-0.2, -0.15) is 0 Å². The summed E-state index contributed by atoms with van der Waals surface area (Å²) in [4.78, 5) is 5.32. The molecule has 2 nitrogen and oxygen atoms in total.